The van der Waals surface area contributed by atoms with Crippen LogP contribution in [0.15, 0.2) is 24.5 Å². The summed E-state index contributed by atoms with van der Waals surface area (Å²) in [4.78, 5) is 40.5. The van der Waals surface area contributed by atoms with Crippen LogP contribution >= 0.6 is 0 Å². The second kappa shape index (κ2) is 10.2. The Balaban J connectivity index is 0.000000806. The Labute approximate surface area is 175 Å². The third-order valence-electron chi connectivity index (χ3n) is 5.76. The fourth-order valence-electron chi connectivity index (χ4n) is 4.04. The van der Waals surface area contributed by atoms with Crippen LogP contribution in [0.5, 0.6) is 0 Å². The molecule has 3 aliphatic rings. The molecule has 0 unspecified atom stereocenters. The normalized spacial score (nSPS) is 21.2. The van der Waals surface area contributed by atoms with Crippen molar-refractivity contribution in [3.8, 4) is 0 Å². The number of amides is 2. The van der Waals surface area contributed by atoms with E-state index < -0.39 is 11.8 Å². The van der Waals surface area contributed by atoms with Crippen LogP contribution in [-0.4, -0.2) is 83.0 Å². The first-order valence-corrected chi connectivity index (χ1v) is 10.1. The first-order valence-electron chi connectivity index (χ1n) is 10.1. The van der Waals surface area contributed by atoms with E-state index in [1.54, 1.807) is 6.20 Å². The zero-order valence-electron chi connectivity index (χ0n) is 16.9. The zero-order chi connectivity index (χ0) is 21.4. The highest BCUT2D eigenvalue weighted by Gasteiger charge is 2.45. The van der Waals surface area contributed by atoms with Crippen LogP contribution in [0.3, 0.4) is 0 Å². The summed E-state index contributed by atoms with van der Waals surface area (Å²) in [6, 6.07) is 4.26. The number of carboxylic acid groups (broad SMARTS) is 1. The molecule has 4 rings (SSSR count). The summed E-state index contributed by atoms with van der Waals surface area (Å²) in [6.07, 6.45) is 6.28. The molecule has 2 N–H and O–H groups in total. The van der Waals surface area contributed by atoms with Crippen molar-refractivity contribution in [3.63, 3.8) is 0 Å². The average Bonchev–Trinajstić information content (AvgIpc) is 3.11. The maximum absolute atomic E-state index is 12.6. The van der Waals surface area contributed by atoms with Crippen molar-refractivity contribution in [2.45, 2.75) is 43.9 Å². The number of urea groups is 1. The molecule has 3 saturated heterocycles. The Morgan fingerprint density at radius 1 is 1.30 bits per heavy atom. The van der Waals surface area contributed by atoms with Crippen molar-refractivity contribution in [1.82, 2.24) is 20.1 Å². The topological polar surface area (TPSA) is 121 Å². The van der Waals surface area contributed by atoms with Crippen molar-refractivity contribution < 1.29 is 29.0 Å². The van der Waals surface area contributed by atoms with E-state index in [9.17, 15) is 9.59 Å². The van der Waals surface area contributed by atoms with Gasteiger partial charge in [-0.15, -0.1) is 0 Å². The molecule has 3 fully saturated rings. The molecule has 4 heterocycles. The van der Waals surface area contributed by atoms with Crippen LogP contribution in [0.25, 0.3) is 0 Å². The zero-order valence-corrected chi connectivity index (χ0v) is 16.9. The largest absolute Gasteiger partial charge is 0.509 e. The lowest BCUT2D eigenvalue weighted by atomic mass is 9.92. The van der Waals surface area contributed by atoms with Gasteiger partial charge in [-0.1, -0.05) is 6.07 Å². The number of carbonyl (C=O) groups excluding carboxylic acids is 2. The van der Waals surface area contributed by atoms with E-state index in [0.717, 1.165) is 32.5 Å². The first-order chi connectivity index (χ1) is 14.5. The molecule has 0 radical (unpaired) electrons. The van der Waals surface area contributed by atoms with Gasteiger partial charge in [0.1, 0.15) is 6.61 Å². The minimum absolute atomic E-state index is 0.0131. The van der Waals surface area contributed by atoms with E-state index in [4.69, 9.17) is 19.4 Å². The highest BCUT2D eigenvalue weighted by atomic mass is 16.8. The van der Waals surface area contributed by atoms with Gasteiger partial charge in [0.05, 0.1) is 0 Å². The molecule has 0 atom stereocenters. The van der Waals surface area contributed by atoms with Crippen LogP contribution in [0, 0.1) is 0 Å². The summed E-state index contributed by atoms with van der Waals surface area (Å²) in [5, 5.41) is 10.1. The molecule has 3 aliphatic heterocycles. The molecular weight excluding hydrogens is 392 g/mol. The minimum Gasteiger partial charge on any atom is -0.483 e. The Bertz CT molecular complexity index is 715. The monoisotopic (exact) mass is 420 g/mol. The molecule has 164 valence electrons. The number of hydrogen-bond acceptors (Lipinski definition) is 7. The molecular formula is C20H28N4O6. The number of piperidine rings is 2. The third kappa shape index (κ3) is 5.82. The number of rotatable bonds is 3. The number of pyridine rings is 1. The molecule has 0 aliphatic carbocycles. The third-order valence-corrected chi connectivity index (χ3v) is 5.76. The second-order valence-electron chi connectivity index (χ2n) is 7.78. The Kier molecular flexibility index (Phi) is 7.45. The summed E-state index contributed by atoms with van der Waals surface area (Å²) < 4.78 is 10.2. The van der Waals surface area contributed by atoms with E-state index in [-0.39, 0.29) is 18.5 Å². The van der Waals surface area contributed by atoms with Crippen LogP contribution in [0.4, 0.5) is 9.59 Å². The molecule has 0 aromatic carbocycles. The minimum atomic E-state index is -0.592. The maximum Gasteiger partial charge on any atom is 0.509 e. The predicted molar refractivity (Wildman–Crippen MR) is 106 cm³/mol. The molecule has 30 heavy (non-hydrogen) atoms. The number of cyclic esters (lactones) is 1. The SMILES string of the molecule is O=C1OCC2(CCN(C(=O)NC3CCN(Cc4cccnc4)CC3)CC2)O1.O=CO. The Morgan fingerprint density at radius 2 is 2.00 bits per heavy atom. The van der Waals surface area contributed by atoms with Gasteiger partial charge in [0.15, 0.2) is 5.60 Å². The van der Waals surface area contributed by atoms with Gasteiger partial charge in [-0.05, 0) is 24.5 Å². The summed E-state index contributed by atoms with van der Waals surface area (Å²) in [5.74, 6) is 0. The van der Waals surface area contributed by atoms with Gasteiger partial charge >= 0.3 is 12.2 Å². The molecule has 0 bridgehead atoms. The molecule has 10 heteroatoms. The standard InChI is InChI=1S/C19H26N4O4.CH2O2/c24-17(23-10-5-19(6-11-23)14-26-18(25)27-19)21-16-3-8-22(9-4-16)13-15-2-1-7-20-12-15;2-1-3/h1-2,7,12,16H,3-6,8-11,13-14H2,(H,21,24);1H,(H,2,3). The number of nitrogens with zero attached hydrogens (tertiary/aromatic N) is 3. The van der Waals surface area contributed by atoms with Crippen molar-refractivity contribution in [2.75, 3.05) is 32.8 Å². The summed E-state index contributed by atoms with van der Waals surface area (Å²) >= 11 is 0. The lowest BCUT2D eigenvalue weighted by Crippen LogP contribution is -2.54. The van der Waals surface area contributed by atoms with Crippen LogP contribution in [0.2, 0.25) is 0 Å². The van der Waals surface area contributed by atoms with Gasteiger partial charge in [-0.25, -0.2) is 9.59 Å². The van der Waals surface area contributed by atoms with Gasteiger partial charge in [0, 0.05) is 64.0 Å². The van der Waals surface area contributed by atoms with Crippen molar-refractivity contribution in [3.05, 3.63) is 30.1 Å². The number of ether oxygens (including phenoxy) is 2. The highest BCUT2D eigenvalue weighted by Crippen LogP contribution is 2.31. The van der Waals surface area contributed by atoms with E-state index in [2.05, 4.69) is 21.3 Å². The van der Waals surface area contributed by atoms with Gasteiger partial charge in [0.25, 0.3) is 6.47 Å². The number of hydrogen-bond donors (Lipinski definition) is 2. The fourth-order valence-corrected chi connectivity index (χ4v) is 4.04. The maximum atomic E-state index is 12.6. The smallest absolute Gasteiger partial charge is 0.483 e. The van der Waals surface area contributed by atoms with Crippen LogP contribution in [0.1, 0.15) is 31.2 Å². The van der Waals surface area contributed by atoms with Crippen LogP contribution in [-0.2, 0) is 20.8 Å². The van der Waals surface area contributed by atoms with Gasteiger partial charge in [0.2, 0.25) is 0 Å². The van der Waals surface area contributed by atoms with Gasteiger partial charge in [-0.2, -0.15) is 0 Å². The van der Waals surface area contributed by atoms with E-state index >= 15 is 0 Å². The quantitative estimate of drug-likeness (QED) is 0.557. The number of nitrogens with one attached hydrogen (secondary N) is 1. The van der Waals surface area contributed by atoms with Crippen molar-refractivity contribution in [1.29, 1.82) is 0 Å². The summed E-state index contributed by atoms with van der Waals surface area (Å²) in [6.45, 7) is 4.07. The summed E-state index contributed by atoms with van der Waals surface area (Å²) in [7, 11) is 0. The second-order valence-corrected chi connectivity index (χ2v) is 7.78. The van der Waals surface area contributed by atoms with Gasteiger partial charge < -0.3 is 24.8 Å². The molecule has 1 aromatic rings. The van der Waals surface area contributed by atoms with Crippen molar-refractivity contribution in [2.24, 2.45) is 0 Å². The number of carbonyl (C=O) groups is 3. The Hall–Kier alpha value is -2.88. The molecule has 2 amide bonds. The number of aromatic nitrogens is 1. The highest BCUT2D eigenvalue weighted by molar-refractivity contribution is 5.74. The predicted octanol–water partition coefficient (Wildman–Crippen LogP) is 1.46. The molecule has 10 nitrogen and oxygen atoms in total. The Morgan fingerprint density at radius 3 is 2.57 bits per heavy atom. The molecule has 1 spiro atoms. The van der Waals surface area contributed by atoms with Gasteiger partial charge in [-0.3, -0.25) is 14.7 Å². The first kappa shape index (κ1) is 21.8. The lowest BCUT2D eigenvalue weighted by molar-refractivity contribution is -0.122. The molecule has 0 saturated carbocycles. The van der Waals surface area contributed by atoms with Crippen LogP contribution < -0.4 is 5.32 Å². The fraction of sp³-hybridized carbons (Fsp3) is 0.600. The summed E-state index contributed by atoms with van der Waals surface area (Å²) in [5.41, 5.74) is 0.699. The number of likely N-dealkylation sites (tertiary alicyclic amines) is 2. The van der Waals surface area contributed by atoms with E-state index in [1.165, 1.54) is 5.56 Å². The lowest BCUT2D eigenvalue weighted by Gasteiger charge is -2.38. The van der Waals surface area contributed by atoms with Crippen molar-refractivity contribution >= 4 is 18.7 Å². The van der Waals surface area contributed by atoms with E-state index in [1.807, 2.05) is 17.2 Å². The van der Waals surface area contributed by atoms with E-state index in [0.29, 0.717) is 32.5 Å². The average molecular weight is 420 g/mol. The molecule has 1 aromatic heterocycles.